The van der Waals surface area contributed by atoms with Crippen molar-refractivity contribution in [2.75, 3.05) is 20.1 Å². The maximum Gasteiger partial charge on any atom is 0.416 e. The molecule has 230 valence electrons. The molecule has 0 spiro atoms. The largest absolute Gasteiger partial charge is 0.416 e. The molecule has 4 aromatic rings. The van der Waals surface area contributed by atoms with E-state index in [1.165, 1.54) is 11.6 Å². The summed E-state index contributed by atoms with van der Waals surface area (Å²) in [5, 5.41) is 8.49. The van der Waals surface area contributed by atoms with Gasteiger partial charge in [-0.1, -0.05) is 71.8 Å². The molecule has 0 radical (unpaired) electrons. The Morgan fingerprint density at radius 2 is 1.63 bits per heavy atom. The Labute approximate surface area is 256 Å². The highest BCUT2D eigenvalue weighted by molar-refractivity contribution is 7.09. The van der Waals surface area contributed by atoms with Gasteiger partial charge in [0.2, 0.25) is 6.41 Å². The van der Waals surface area contributed by atoms with Crippen LogP contribution < -0.4 is 10.6 Å². The molecule has 0 fully saturated rings. The lowest BCUT2D eigenvalue weighted by Crippen LogP contribution is -2.26. The number of aromatic nitrogens is 1. The average molecular weight is 613 g/mol. The van der Waals surface area contributed by atoms with Crippen LogP contribution in [0.5, 0.6) is 0 Å². The number of halogens is 3. The fraction of sp³-hybridized carbons (Fsp3) is 0.303. The standard InChI is InChI=1S/C14H16N2OS.C12H15F3N2O.C7H8/c1-10-5-4-6-12(7-10)14(17)16(3)8-13-15-11(2)9-18-13;13-12(14,15)11-4-1-3-10(7-11)8-16-5-2-6-17-9-18;1-7-5-3-2-4-6-7/h4-7,9H,8H2,1-3H3;1,3-4,7,9,16H,2,5-6,8H2,(H,17,18);2-6H,1H3. The second-order valence-corrected chi connectivity index (χ2v) is 10.8. The number of nitrogens with one attached hydrogen (secondary N) is 2. The number of hydrogen-bond donors (Lipinski definition) is 2. The summed E-state index contributed by atoms with van der Waals surface area (Å²) < 4.78 is 37.3. The van der Waals surface area contributed by atoms with Crippen molar-refractivity contribution in [2.24, 2.45) is 0 Å². The number of nitrogens with zero attached hydrogens (tertiary/aromatic N) is 2. The zero-order valence-corrected chi connectivity index (χ0v) is 25.8. The van der Waals surface area contributed by atoms with E-state index in [-0.39, 0.29) is 5.91 Å². The van der Waals surface area contributed by atoms with Crippen molar-refractivity contribution < 1.29 is 22.8 Å². The van der Waals surface area contributed by atoms with Gasteiger partial charge in [0, 0.05) is 36.8 Å². The van der Waals surface area contributed by atoms with E-state index in [0.717, 1.165) is 40.4 Å². The van der Waals surface area contributed by atoms with Crippen LogP contribution in [0.3, 0.4) is 0 Å². The molecule has 2 amide bonds. The third-order valence-electron chi connectivity index (χ3n) is 5.93. The van der Waals surface area contributed by atoms with Crippen molar-refractivity contribution in [1.29, 1.82) is 0 Å². The predicted octanol–water partition coefficient (Wildman–Crippen LogP) is 6.96. The summed E-state index contributed by atoms with van der Waals surface area (Å²) in [6.07, 6.45) is -2.95. The van der Waals surface area contributed by atoms with Gasteiger partial charge in [-0.3, -0.25) is 9.59 Å². The molecule has 3 aromatic carbocycles. The highest BCUT2D eigenvalue weighted by Gasteiger charge is 2.30. The third-order valence-corrected chi connectivity index (χ3v) is 6.88. The van der Waals surface area contributed by atoms with Crippen LogP contribution in [0.1, 0.15) is 49.7 Å². The molecule has 0 saturated carbocycles. The zero-order chi connectivity index (χ0) is 31.7. The van der Waals surface area contributed by atoms with Crippen LogP contribution in [0, 0.1) is 20.8 Å². The predicted molar refractivity (Wildman–Crippen MR) is 167 cm³/mol. The fourth-order valence-corrected chi connectivity index (χ4v) is 4.57. The van der Waals surface area contributed by atoms with Crippen molar-refractivity contribution in [3.8, 4) is 0 Å². The normalized spacial score (nSPS) is 10.5. The second-order valence-electron chi connectivity index (χ2n) is 9.87. The number of benzene rings is 3. The molecular formula is C33H39F3N4O2S. The maximum atomic E-state index is 12.4. The zero-order valence-electron chi connectivity index (χ0n) is 24.9. The number of thiazole rings is 1. The summed E-state index contributed by atoms with van der Waals surface area (Å²) in [6, 6.07) is 23.1. The first-order valence-electron chi connectivity index (χ1n) is 13.8. The van der Waals surface area contributed by atoms with Crippen molar-refractivity contribution >= 4 is 23.7 Å². The van der Waals surface area contributed by atoms with Gasteiger partial charge in [-0.15, -0.1) is 11.3 Å². The Morgan fingerprint density at radius 1 is 0.930 bits per heavy atom. The Morgan fingerprint density at radius 3 is 2.21 bits per heavy atom. The molecule has 0 aliphatic rings. The van der Waals surface area contributed by atoms with Crippen LogP contribution in [0.25, 0.3) is 0 Å². The quantitative estimate of drug-likeness (QED) is 0.150. The lowest BCUT2D eigenvalue weighted by atomic mass is 10.1. The van der Waals surface area contributed by atoms with Crippen LogP contribution in [0.2, 0.25) is 0 Å². The summed E-state index contributed by atoms with van der Waals surface area (Å²) in [5.74, 6) is 0.0338. The summed E-state index contributed by atoms with van der Waals surface area (Å²) >= 11 is 1.59. The van der Waals surface area contributed by atoms with Gasteiger partial charge in [0.05, 0.1) is 12.1 Å². The van der Waals surface area contributed by atoms with Crippen LogP contribution in [0.15, 0.2) is 84.2 Å². The number of carbonyl (C=O) groups excluding carboxylic acids is 2. The minimum Gasteiger partial charge on any atom is -0.359 e. The Kier molecular flexibility index (Phi) is 15.1. The first kappa shape index (κ1) is 35.2. The first-order chi connectivity index (χ1) is 20.5. The molecule has 2 N–H and O–H groups in total. The van der Waals surface area contributed by atoms with E-state index in [1.807, 2.05) is 61.7 Å². The van der Waals surface area contributed by atoms with Gasteiger partial charge >= 0.3 is 6.18 Å². The second kappa shape index (κ2) is 18.5. The molecule has 4 rings (SSSR count). The Bertz CT molecular complexity index is 1390. The van der Waals surface area contributed by atoms with E-state index >= 15 is 0 Å². The molecule has 10 heteroatoms. The van der Waals surface area contributed by atoms with Crippen LogP contribution in [-0.2, 0) is 24.1 Å². The van der Waals surface area contributed by atoms with Crippen LogP contribution in [0.4, 0.5) is 13.2 Å². The number of rotatable bonds is 10. The molecule has 43 heavy (non-hydrogen) atoms. The number of alkyl halides is 3. The van der Waals surface area contributed by atoms with Crippen LogP contribution in [-0.4, -0.2) is 42.3 Å². The van der Waals surface area contributed by atoms with Gasteiger partial charge in [0.25, 0.3) is 5.91 Å². The number of amides is 2. The molecule has 0 atom stereocenters. The van der Waals surface area contributed by atoms with Gasteiger partial charge in [-0.25, -0.2) is 4.98 Å². The SMILES string of the molecule is Cc1cccc(C(=O)N(C)Cc2nc(C)cs2)c1.Cc1ccccc1.O=CNCCCNCc1cccc(C(F)(F)F)c1. The summed E-state index contributed by atoms with van der Waals surface area (Å²) in [5.41, 5.74) is 4.11. The van der Waals surface area contributed by atoms with E-state index < -0.39 is 11.7 Å². The monoisotopic (exact) mass is 612 g/mol. The van der Waals surface area contributed by atoms with E-state index in [1.54, 1.807) is 29.4 Å². The molecule has 0 aliphatic heterocycles. The average Bonchev–Trinajstić information content (AvgIpc) is 3.39. The summed E-state index contributed by atoms with van der Waals surface area (Å²) in [4.78, 5) is 28.2. The smallest absolute Gasteiger partial charge is 0.359 e. The van der Waals surface area contributed by atoms with Gasteiger partial charge in [0.15, 0.2) is 0 Å². The number of carbonyl (C=O) groups is 2. The molecular weight excluding hydrogens is 573 g/mol. The number of hydrogen-bond acceptors (Lipinski definition) is 5. The fourth-order valence-electron chi connectivity index (χ4n) is 3.75. The molecule has 1 heterocycles. The van der Waals surface area contributed by atoms with E-state index in [0.29, 0.717) is 38.2 Å². The lowest BCUT2D eigenvalue weighted by Gasteiger charge is -2.15. The third kappa shape index (κ3) is 14.1. The molecule has 1 aromatic heterocycles. The highest BCUT2D eigenvalue weighted by atomic mass is 32.1. The molecule has 6 nitrogen and oxygen atoms in total. The van der Waals surface area contributed by atoms with E-state index in [2.05, 4.69) is 34.7 Å². The van der Waals surface area contributed by atoms with Gasteiger partial charge < -0.3 is 15.5 Å². The maximum absolute atomic E-state index is 12.4. The van der Waals surface area contributed by atoms with Gasteiger partial charge in [-0.2, -0.15) is 13.2 Å². The van der Waals surface area contributed by atoms with Crippen molar-refractivity contribution in [3.63, 3.8) is 0 Å². The lowest BCUT2D eigenvalue weighted by molar-refractivity contribution is -0.137. The topological polar surface area (TPSA) is 74.3 Å². The van der Waals surface area contributed by atoms with E-state index in [9.17, 15) is 22.8 Å². The number of aryl methyl sites for hydroxylation is 3. The summed E-state index contributed by atoms with van der Waals surface area (Å²) in [6.45, 7) is 8.16. The minimum atomic E-state index is -4.30. The van der Waals surface area contributed by atoms with Crippen molar-refractivity contribution in [1.82, 2.24) is 20.5 Å². The molecule has 0 unspecified atom stereocenters. The summed E-state index contributed by atoms with van der Waals surface area (Å²) in [7, 11) is 1.81. The first-order valence-corrected chi connectivity index (χ1v) is 14.7. The van der Waals surface area contributed by atoms with Crippen molar-refractivity contribution in [3.05, 3.63) is 123 Å². The van der Waals surface area contributed by atoms with Crippen molar-refractivity contribution in [2.45, 2.75) is 46.5 Å². The molecule has 0 saturated heterocycles. The van der Waals surface area contributed by atoms with Gasteiger partial charge in [0.1, 0.15) is 5.01 Å². The molecule has 0 bridgehead atoms. The molecule has 0 aliphatic carbocycles. The van der Waals surface area contributed by atoms with E-state index in [4.69, 9.17) is 0 Å². The minimum absolute atomic E-state index is 0.0338. The Hall–Kier alpha value is -4.02. The van der Waals surface area contributed by atoms with Crippen LogP contribution >= 0.6 is 11.3 Å². The Balaban J connectivity index is 0.000000246. The highest BCUT2D eigenvalue weighted by Crippen LogP contribution is 2.29. The van der Waals surface area contributed by atoms with Gasteiger partial charge in [-0.05, 0) is 57.5 Å².